The van der Waals surface area contributed by atoms with Crippen LogP contribution in [0.1, 0.15) is 21.5 Å². The van der Waals surface area contributed by atoms with Crippen LogP contribution >= 0.6 is 11.6 Å². The molecule has 0 radical (unpaired) electrons. The maximum absolute atomic E-state index is 12.4. The Bertz CT molecular complexity index is 951. The van der Waals surface area contributed by atoms with Crippen LogP contribution in [0.2, 0.25) is 5.02 Å². The van der Waals surface area contributed by atoms with Crippen LogP contribution in [0.5, 0.6) is 0 Å². The molecule has 7 nitrogen and oxygen atoms in total. The van der Waals surface area contributed by atoms with Crippen LogP contribution in [0, 0.1) is 13.8 Å². The number of hydrogen-bond donors (Lipinski definition) is 1. The Kier molecular flexibility index (Phi) is 7.52. The molecule has 1 aliphatic heterocycles. The highest BCUT2D eigenvalue weighted by Gasteiger charge is 2.22. The molecule has 1 fully saturated rings. The van der Waals surface area contributed by atoms with E-state index in [-0.39, 0.29) is 25.0 Å². The van der Waals surface area contributed by atoms with Gasteiger partial charge in [0.25, 0.3) is 11.8 Å². The number of carbonyl (C=O) groups is 3. The number of anilines is 1. The second kappa shape index (κ2) is 10.3. The monoisotopic (exact) mass is 443 g/mol. The zero-order valence-electron chi connectivity index (χ0n) is 17.7. The number of hydrogen-bond acceptors (Lipinski definition) is 5. The number of ether oxygens (including phenoxy) is 1. The summed E-state index contributed by atoms with van der Waals surface area (Å²) in [7, 11) is 0. The Balaban J connectivity index is 1.39. The molecule has 1 heterocycles. The first-order chi connectivity index (χ1) is 14.8. The lowest BCUT2D eigenvalue weighted by Gasteiger charge is -2.36. The fraction of sp³-hybridized carbons (Fsp3) is 0.348. The minimum atomic E-state index is -0.649. The van der Waals surface area contributed by atoms with Crippen molar-refractivity contribution in [1.29, 1.82) is 0 Å². The molecule has 8 heteroatoms. The molecule has 0 aliphatic carbocycles. The Morgan fingerprint density at radius 3 is 2.32 bits per heavy atom. The van der Waals surface area contributed by atoms with Crippen molar-refractivity contribution in [2.75, 3.05) is 44.2 Å². The predicted molar refractivity (Wildman–Crippen MR) is 119 cm³/mol. The standard InChI is InChI=1S/C23H26ClN3O4/c1-16-10-17(2)12-18(11-16)23(30)25-14-22(29)31-15-21(28)27-8-6-26(7-9-27)20-5-3-4-19(24)13-20/h3-5,10-13H,6-9,14-15H2,1-2H3,(H,25,30). The van der Waals surface area contributed by atoms with Crippen molar-refractivity contribution in [3.8, 4) is 0 Å². The summed E-state index contributed by atoms with van der Waals surface area (Å²) in [6.45, 7) is 5.59. The van der Waals surface area contributed by atoms with Gasteiger partial charge in [-0.15, -0.1) is 0 Å². The molecule has 1 saturated heterocycles. The van der Waals surface area contributed by atoms with Crippen molar-refractivity contribution in [1.82, 2.24) is 10.2 Å². The van der Waals surface area contributed by atoms with Gasteiger partial charge in [-0.25, -0.2) is 0 Å². The normalized spacial score (nSPS) is 13.6. The van der Waals surface area contributed by atoms with Gasteiger partial charge in [0.2, 0.25) is 0 Å². The molecule has 164 valence electrons. The quantitative estimate of drug-likeness (QED) is 0.694. The number of nitrogens with one attached hydrogen (secondary N) is 1. The van der Waals surface area contributed by atoms with Crippen LogP contribution in [-0.4, -0.2) is 62.0 Å². The summed E-state index contributed by atoms with van der Waals surface area (Å²) in [5.74, 6) is -1.25. The molecular formula is C23H26ClN3O4. The lowest BCUT2D eigenvalue weighted by atomic mass is 10.1. The smallest absolute Gasteiger partial charge is 0.325 e. The van der Waals surface area contributed by atoms with Crippen molar-refractivity contribution in [3.05, 3.63) is 64.2 Å². The average molecular weight is 444 g/mol. The summed E-state index contributed by atoms with van der Waals surface area (Å²) >= 11 is 6.04. The fourth-order valence-corrected chi connectivity index (χ4v) is 3.72. The first-order valence-corrected chi connectivity index (χ1v) is 10.5. The van der Waals surface area contributed by atoms with Gasteiger partial charge >= 0.3 is 5.97 Å². The van der Waals surface area contributed by atoms with Crippen molar-refractivity contribution >= 4 is 35.1 Å². The Hall–Kier alpha value is -3.06. The van der Waals surface area contributed by atoms with E-state index in [0.717, 1.165) is 16.8 Å². The lowest BCUT2D eigenvalue weighted by Crippen LogP contribution is -2.50. The number of esters is 1. The van der Waals surface area contributed by atoms with Crippen LogP contribution in [0.3, 0.4) is 0 Å². The van der Waals surface area contributed by atoms with E-state index >= 15 is 0 Å². The fourth-order valence-electron chi connectivity index (χ4n) is 3.53. The Labute approximate surface area is 186 Å². The molecule has 2 amide bonds. The van der Waals surface area contributed by atoms with E-state index in [1.54, 1.807) is 17.0 Å². The summed E-state index contributed by atoms with van der Waals surface area (Å²) < 4.78 is 5.04. The first-order valence-electron chi connectivity index (χ1n) is 10.1. The highest BCUT2D eigenvalue weighted by molar-refractivity contribution is 6.30. The number of rotatable bonds is 6. The van der Waals surface area contributed by atoms with Crippen LogP contribution in [-0.2, 0) is 14.3 Å². The number of nitrogens with zero attached hydrogens (tertiary/aromatic N) is 2. The van der Waals surface area contributed by atoms with Crippen LogP contribution < -0.4 is 10.2 Å². The summed E-state index contributed by atoms with van der Waals surface area (Å²) in [6.07, 6.45) is 0. The molecule has 31 heavy (non-hydrogen) atoms. The van der Waals surface area contributed by atoms with E-state index in [4.69, 9.17) is 16.3 Å². The minimum Gasteiger partial charge on any atom is -0.454 e. The molecule has 1 N–H and O–H groups in total. The molecule has 3 rings (SSSR count). The maximum Gasteiger partial charge on any atom is 0.325 e. The van der Waals surface area contributed by atoms with Gasteiger partial charge in [0, 0.05) is 42.5 Å². The van der Waals surface area contributed by atoms with Crippen molar-refractivity contribution in [2.45, 2.75) is 13.8 Å². The summed E-state index contributed by atoms with van der Waals surface area (Å²) in [5.41, 5.74) is 3.44. The molecule has 2 aromatic carbocycles. The number of amides is 2. The zero-order chi connectivity index (χ0) is 22.4. The van der Waals surface area contributed by atoms with Gasteiger partial charge in [-0.3, -0.25) is 14.4 Å². The predicted octanol–water partition coefficient (Wildman–Crippen LogP) is 2.58. The van der Waals surface area contributed by atoms with Crippen LogP contribution in [0.25, 0.3) is 0 Å². The Morgan fingerprint density at radius 1 is 1.00 bits per heavy atom. The highest BCUT2D eigenvalue weighted by Crippen LogP contribution is 2.20. The second-order valence-electron chi connectivity index (χ2n) is 7.57. The number of benzene rings is 2. The molecule has 0 atom stereocenters. The van der Waals surface area contributed by atoms with E-state index < -0.39 is 5.97 Å². The van der Waals surface area contributed by atoms with Crippen molar-refractivity contribution < 1.29 is 19.1 Å². The summed E-state index contributed by atoms with van der Waals surface area (Å²) in [6, 6.07) is 13.1. The SMILES string of the molecule is Cc1cc(C)cc(C(=O)NCC(=O)OCC(=O)N2CCN(c3cccc(Cl)c3)CC2)c1. The molecule has 0 spiro atoms. The van der Waals surface area contributed by atoms with Gasteiger partial charge in [0.1, 0.15) is 6.54 Å². The minimum absolute atomic E-state index is 0.250. The largest absolute Gasteiger partial charge is 0.454 e. The summed E-state index contributed by atoms with van der Waals surface area (Å²) in [5, 5.41) is 3.20. The lowest BCUT2D eigenvalue weighted by molar-refractivity contribution is -0.151. The molecule has 0 bridgehead atoms. The van der Waals surface area contributed by atoms with E-state index in [9.17, 15) is 14.4 Å². The van der Waals surface area contributed by atoms with Gasteiger partial charge < -0.3 is 19.9 Å². The van der Waals surface area contributed by atoms with Gasteiger partial charge in [-0.1, -0.05) is 34.9 Å². The number of piperazine rings is 1. The topological polar surface area (TPSA) is 78.9 Å². The van der Waals surface area contributed by atoms with Crippen LogP contribution in [0.4, 0.5) is 5.69 Å². The van der Waals surface area contributed by atoms with E-state index in [1.165, 1.54) is 0 Å². The first kappa shape index (κ1) is 22.6. The van der Waals surface area contributed by atoms with Crippen molar-refractivity contribution in [2.24, 2.45) is 0 Å². The second-order valence-corrected chi connectivity index (χ2v) is 8.00. The van der Waals surface area contributed by atoms with Gasteiger partial charge in [-0.2, -0.15) is 0 Å². The molecule has 2 aromatic rings. The van der Waals surface area contributed by atoms with Gasteiger partial charge in [0.05, 0.1) is 0 Å². The third kappa shape index (κ3) is 6.46. The van der Waals surface area contributed by atoms with Crippen molar-refractivity contribution in [3.63, 3.8) is 0 Å². The third-order valence-corrected chi connectivity index (χ3v) is 5.27. The van der Waals surface area contributed by atoms with Gasteiger partial charge in [0.15, 0.2) is 6.61 Å². The van der Waals surface area contributed by atoms with E-state index in [1.807, 2.05) is 44.2 Å². The molecule has 0 saturated carbocycles. The average Bonchev–Trinajstić information content (AvgIpc) is 2.75. The molecule has 0 unspecified atom stereocenters. The maximum atomic E-state index is 12.4. The summed E-state index contributed by atoms with van der Waals surface area (Å²) in [4.78, 5) is 40.3. The number of carbonyl (C=O) groups excluding carboxylic acids is 3. The van der Waals surface area contributed by atoms with Gasteiger partial charge in [-0.05, 0) is 44.2 Å². The Morgan fingerprint density at radius 2 is 1.68 bits per heavy atom. The van der Waals surface area contributed by atoms with E-state index in [2.05, 4.69) is 10.2 Å². The number of halogens is 1. The molecular weight excluding hydrogens is 418 g/mol. The molecule has 0 aromatic heterocycles. The third-order valence-electron chi connectivity index (χ3n) is 5.04. The zero-order valence-corrected chi connectivity index (χ0v) is 18.4. The van der Waals surface area contributed by atoms with E-state index in [0.29, 0.717) is 36.8 Å². The molecule has 1 aliphatic rings. The van der Waals surface area contributed by atoms with Crippen LogP contribution in [0.15, 0.2) is 42.5 Å². The highest BCUT2D eigenvalue weighted by atomic mass is 35.5. The number of aryl methyl sites for hydroxylation is 2.